The number of amides is 4. The molecule has 2 saturated heterocycles. The molecule has 3 aliphatic heterocycles. The Labute approximate surface area is 225 Å². The van der Waals surface area contributed by atoms with E-state index in [1.54, 1.807) is 6.07 Å². The normalized spacial score (nSPS) is 23.1. The van der Waals surface area contributed by atoms with E-state index in [-0.39, 0.29) is 42.1 Å². The van der Waals surface area contributed by atoms with Crippen LogP contribution >= 0.6 is 23.4 Å². The van der Waals surface area contributed by atoms with E-state index in [4.69, 9.17) is 16.3 Å². The summed E-state index contributed by atoms with van der Waals surface area (Å²) in [5, 5.41) is 8.52. The van der Waals surface area contributed by atoms with Gasteiger partial charge >= 0.3 is 6.09 Å². The van der Waals surface area contributed by atoms with Crippen LogP contribution in [0, 0.1) is 0 Å². The SMILES string of the molecule is CCCC(=O)Nc1cc(N2CC(CNC(=O)C3CC=C(Cl)S3)OC2=O)ccc1N1CCC(NC(C)=O)C1. The molecule has 0 aromatic heterocycles. The fraction of sp³-hybridized carbons (Fsp3) is 0.520. The maximum atomic E-state index is 12.7. The number of nitrogens with one attached hydrogen (secondary N) is 3. The second kappa shape index (κ2) is 12.1. The number of ether oxygens (including phenoxy) is 1. The number of rotatable bonds is 9. The number of thioether (sulfide) groups is 1. The molecule has 0 bridgehead atoms. The number of hydrogen-bond acceptors (Lipinski definition) is 7. The number of hydrogen-bond donors (Lipinski definition) is 3. The quantitative estimate of drug-likeness (QED) is 0.433. The van der Waals surface area contributed by atoms with Crippen LogP contribution in [0.15, 0.2) is 28.6 Å². The summed E-state index contributed by atoms with van der Waals surface area (Å²) in [6.45, 7) is 5.27. The first kappa shape index (κ1) is 27.1. The number of anilines is 3. The van der Waals surface area contributed by atoms with E-state index in [1.807, 2.05) is 25.1 Å². The van der Waals surface area contributed by atoms with Crippen LogP contribution in [-0.4, -0.2) is 67.4 Å². The summed E-state index contributed by atoms with van der Waals surface area (Å²) in [6.07, 6.45) is 3.28. The highest BCUT2D eigenvalue weighted by atomic mass is 35.5. The van der Waals surface area contributed by atoms with Gasteiger partial charge in [0.05, 0.1) is 34.1 Å². The predicted molar refractivity (Wildman–Crippen MR) is 145 cm³/mol. The molecule has 0 radical (unpaired) electrons. The van der Waals surface area contributed by atoms with Gasteiger partial charge in [0.25, 0.3) is 0 Å². The zero-order chi connectivity index (χ0) is 26.5. The van der Waals surface area contributed by atoms with Crippen molar-refractivity contribution in [3.8, 4) is 0 Å². The molecule has 200 valence electrons. The number of carbonyl (C=O) groups is 4. The molecule has 4 amide bonds. The van der Waals surface area contributed by atoms with Gasteiger partial charge in [-0.2, -0.15) is 0 Å². The van der Waals surface area contributed by atoms with Gasteiger partial charge in [-0.1, -0.05) is 24.6 Å². The number of benzene rings is 1. The van der Waals surface area contributed by atoms with Crippen molar-refractivity contribution in [1.29, 1.82) is 0 Å². The Morgan fingerprint density at radius 2 is 2.05 bits per heavy atom. The monoisotopic (exact) mass is 549 g/mol. The van der Waals surface area contributed by atoms with Crippen LogP contribution in [0.5, 0.6) is 0 Å². The summed E-state index contributed by atoms with van der Waals surface area (Å²) in [5.74, 6) is -0.318. The van der Waals surface area contributed by atoms with E-state index in [0.29, 0.717) is 41.5 Å². The standard InChI is InChI=1S/C25H32ClN5O5S/c1-3-4-23(33)29-19-11-17(5-6-20(19)30-10-9-16(13-30)28-15(2)32)31-14-18(36-25(31)35)12-27-24(34)21-7-8-22(26)37-21/h5-6,8,11,16,18,21H,3-4,7,9-10,12-14H2,1-2H3,(H,27,34)(H,28,32)(H,29,33). The predicted octanol–water partition coefficient (Wildman–Crippen LogP) is 3.17. The molecule has 3 unspecified atom stereocenters. The molecule has 1 aromatic carbocycles. The van der Waals surface area contributed by atoms with Gasteiger partial charge in [0.2, 0.25) is 17.7 Å². The first-order valence-corrected chi connectivity index (χ1v) is 13.7. The van der Waals surface area contributed by atoms with Crippen LogP contribution in [0.3, 0.4) is 0 Å². The van der Waals surface area contributed by atoms with Crippen molar-refractivity contribution in [2.24, 2.45) is 0 Å². The summed E-state index contributed by atoms with van der Waals surface area (Å²) in [5.41, 5.74) is 2.03. The van der Waals surface area contributed by atoms with Gasteiger partial charge in [0.15, 0.2) is 0 Å². The minimum absolute atomic E-state index is 0.0374. The molecule has 0 aliphatic carbocycles. The minimum Gasteiger partial charge on any atom is -0.442 e. The summed E-state index contributed by atoms with van der Waals surface area (Å²) in [6, 6.07) is 5.51. The highest BCUT2D eigenvalue weighted by Gasteiger charge is 2.34. The van der Waals surface area contributed by atoms with E-state index in [9.17, 15) is 19.2 Å². The van der Waals surface area contributed by atoms with E-state index in [0.717, 1.165) is 18.7 Å². The smallest absolute Gasteiger partial charge is 0.414 e. The molecule has 3 N–H and O–H groups in total. The molecule has 3 aliphatic rings. The molecule has 12 heteroatoms. The Balaban J connectivity index is 1.44. The lowest BCUT2D eigenvalue weighted by atomic mass is 10.2. The molecular weight excluding hydrogens is 518 g/mol. The van der Waals surface area contributed by atoms with Crippen molar-refractivity contribution in [3.63, 3.8) is 0 Å². The fourth-order valence-corrected chi connectivity index (χ4v) is 5.91. The third kappa shape index (κ3) is 6.89. The van der Waals surface area contributed by atoms with Gasteiger partial charge in [-0.25, -0.2) is 4.79 Å². The van der Waals surface area contributed by atoms with Gasteiger partial charge in [-0.15, -0.1) is 11.8 Å². The maximum Gasteiger partial charge on any atom is 0.414 e. The average molecular weight is 550 g/mol. The van der Waals surface area contributed by atoms with Crippen LogP contribution < -0.4 is 25.8 Å². The van der Waals surface area contributed by atoms with Crippen molar-refractivity contribution in [2.75, 3.05) is 41.3 Å². The molecular formula is C25H32ClN5O5S. The fourth-order valence-electron chi connectivity index (χ4n) is 4.65. The van der Waals surface area contributed by atoms with E-state index in [1.165, 1.54) is 23.6 Å². The van der Waals surface area contributed by atoms with Crippen LogP contribution in [0.4, 0.5) is 21.9 Å². The lowest BCUT2D eigenvalue weighted by Crippen LogP contribution is -2.38. The Morgan fingerprint density at radius 3 is 2.76 bits per heavy atom. The van der Waals surface area contributed by atoms with E-state index < -0.39 is 12.2 Å². The number of carbonyl (C=O) groups excluding carboxylic acids is 4. The van der Waals surface area contributed by atoms with Crippen LogP contribution in [0.1, 0.15) is 39.5 Å². The highest BCUT2D eigenvalue weighted by molar-refractivity contribution is 8.06. The summed E-state index contributed by atoms with van der Waals surface area (Å²) >= 11 is 7.26. The Morgan fingerprint density at radius 1 is 1.24 bits per heavy atom. The number of allylic oxidation sites excluding steroid dienone is 1. The highest BCUT2D eigenvalue weighted by Crippen LogP contribution is 2.36. The van der Waals surface area contributed by atoms with Crippen LogP contribution in [-0.2, 0) is 19.1 Å². The van der Waals surface area contributed by atoms with Crippen molar-refractivity contribution < 1.29 is 23.9 Å². The first-order valence-electron chi connectivity index (χ1n) is 12.5. The Hall–Kier alpha value is -2.92. The van der Waals surface area contributed by atoms with Crippen molar-refractivity contribution in [3.05, 3.63) is 28.6 Å². The molecule has 2 fully saturated rings. The summed E-state index contributed by atoms with van der Waals surface area (Å²) in [7, 11) is 0. The molecule has 37 heavy (non-hydrogen) atoms. The van der Waals surface area contributed by atoms with Gasteiger partial charge in [0.1, 0.15) is 6.10 Å². The maximum absolute atomic E-state index is 12.7. The molecule has 4 rings (SSSR count). The van der Waals surface area contributed by atoms with E-state index in [2.05, 4.69) is 20.9 Å². The third-order valence-corrected chi connectivity index (χ3v) is 7.90. The topological polar surface area (TPSA) is 120 Å². The average Bonchev–Trinajstić information content (AvgIpc) is 3.57. The molecule has 0 spiro atoms. The van der Waals surface area contributed by atoms with Crippen molar-refractivity contribution >= 4 is 64.2 Å². The second-order valence-corrected chi connectivity index (χ2v) is 11.2. The van der Waals surface area contributed by atoms with Crippen molar-refractivity contribution in [2.45, 2.75) is 56.9 Å². The second-order valence-electron chi connectivity index (χ2n) is 9.34. The largest absolute Gasteiger partial charge is 0.442 e. The lowest BCUT2D eigenvalue weighted by Gasteiger charge is -2.24. The van der Waals surface area contributed by atoms with E-state index >= 15 is 0 Å². The minimum atomic E-state index is -0.510. The lowest BCUT2D eigenvalue weighted by molar-refractivity contribution is -0.121. The molecule has 0 saturated carbocycles. The van der Waals surface area contributed by atoms with Crippen LogP contribution in [0.2, 0.25) is 0 Å². The van der Waals surface area contributed by atoms with Crippen molar-refractivity contribution in [1.82, 2.24) is 10.6 Å². The van der Waals surface area contributed by atoms with Crippen LogP contribution in [0.25, 0.3) is 0 Å². The first-order chi connectivity index (χ1) is 17.7. The van der Waals surface area contributed by atoms with Gasteiger partial charge < -0.3 is 25.6 Å². The summed E-state index contributed by atoms with van der Waals surface area (Å²) < 4.78 is 6.11. The Kier molecular flexibility index (Phi) is 8.86. The zero-order valence-electron chi connectivity index (χ0n) is 20.9. The third-order valence-electron chi connectivity index (χ3n) is 6.40. The number of cyclic esters (lactones) is 1. The molecule has 1 aromatic rings. The van der Waals surface area contributed by atoms with Gasteiger partial charge in [0, 0.05) is 38.2 Å². The summed E-state index contributed by atoms with van der Waals surface area (Å²) in [4.78, 5) is 52.6. The van der Waals surface area contributed by atoms with Gasteiger partial charge in [-0.05, 0) is 37.5 Å². The van der Waals surface area contributed by atoms with Gasteiger partial charge in [-0.3, -0.25) is 19.3 Å². The number of nitrogens with zero attached hydrogens (tertiary/aromatic N) is 2. The Bertz CT molecular complexity index is 1100. The zero-order valence-corrected chi connectivity index (χ0v) is 22.5. The molecule has 3 atom stereocenters. The molecule has 3 heterocycles. The molecule has 10 nitrogen and oxygen atoms in total. The number of halogens is 1.